The summed E-state index contributed by atoms with van der Waals surface area (Å²) in [5.41, 5.74) is 2.68. The molecule has 0 amide bonds. The van der Waals surface area contributed by atoms with Crippen LogP contribution in [0, 0.1) is 0 Å². The van der Waals surface area contributed by atoms with Crippen LogP contribution in [0.1, 0.15) is 5.69 Å². The number of nitrogens with zero attached hydrogens (tertiary/aromatic N) is 5. The van der Waals surface area contributed by atoms with Crippen LogP contribution in [-0.2, 0) is 6.54 Å². The number of pyridine rings is 3. The van der Waals surface area contributed by atoms with E-state index >= 15 is 0 Å². The third-order valence-corrected chi connectivity index (χ3v) is 4.21. The average molecular weight is 503 g/mol. The predicted molar refractivity (Wildman–Crippen MR) is 117 cm³/mol. The Labute approximate surface area is 190 Å². The summed E-state index contributed by atoms with van der Waals surface area (Å²) >= 11 is 0. The second kappa shape index (κ2) is 9.11. The molecule has 1 atom stereocenters. The van der Waals surface area contributed by atoms with Gasteiger partial charge in [0.25, 0.3) is 0 Å². The van der Waals surface area contributed by atoms with Gasteiger partial charge in [-0.3, -0.25) is 9.98 Å². The van der Waals surface area contributed by atoms with Crippen molar-refractivity contribution in [2.24, 2.45) is 4.99 Å². The van der Waals surface area contributed by atoms with Crippen molar-refractivity contribution in [3.8, 4) is 11.5 Å². The van der Waals surface area contributed by atoms with Crippen molar-refractivity contribution in [2.45, 2.75) is 12.6 Å². The second-order valence-electron chi connectivity index (χ2n) is 7.18. The zero-order valence-corrected chi connectivity index (χ0v) is 18.4. The van der Waals surface area contributed by atoms with Gasteiger partial charge < -0.3 is 5.11 Å². The van der Waals surface area contributed by atoms with Crippen LogP contribution in [0.5, 0.6) is 0 Å². The Bertz CT molecular complexity index is 1250. The van der Waals surface area contributed by atoms with E-state index in [1.54, 1.807) is 18.6 Å². The molecular weight excluding hydrogens is 483 g/mol. The van der Waals surface area contributed by atoms with Crippen molar-refractivity contribution in [3.63, 3.8) is 0 Å². The van der Waals surface area contributed by atoms with Crippen molar-refractivity contribution in [3.05, 3.63) is 85.1 Å². The first-order valence-electron chi connectivity index (χ1n) is 9.82. The number of fused-ring (bicyclic) bond motifs is 1. The second-order valence-corrected chi connectivity index (χ2v) is 9.09. The van der Waals surface area contributed by atoms with Gasteiger partial charge in [0, 0.05) is 18.6 Å². The third-order valence-electron chi connectivity index (χ3n) is 4.21. The molecular formula is C21H20F6N5OP. The number of hydrogen-bond acceptors (Lipinski definition) is 4. The van der Waals surface area contributed by atoms with E-state index in [9.17, 15) is 30.3 Å². The number of aliphatic imine (C=N–C) groups is 1. The molecule has 0 fully saturated rings. The SMILES string of the molecule is F[P-](F)(F)(F)(F)F.O[C@H](CN=Cc1ccccn1)C[n+]1cc2ccccn2c1-c1ccccn1. The summed E-state index contributed by atoms with van der Waals surface area (Å²) in [6.45, 7) is 0.727. The molecule has 0 unspecified atom stereocenters. The molecule has 0 radical (unpaired) electrons. The monoisotopic (exact) mass is 503 g/mol. The Morgan fingerprint density at radius 3 is 2.21 bits per heavy atom. The Hall–Kier alpha value is -3.37. The first-order chi connectivity index (χ1) is 15.8. The van der Waals surface area contributed by atoms with Gasteiger partial charge in [0.1, 0.15) is 18.8 Å². The van der Waals surface area contributed by atoms with Crippen molar-refractivity contribution in [1.82, 2.24) is 14.4 Å². The normalized spacial score (nSPS) is 14.8. The van der Waals surface area contributed by atoms with Crippen LogP contribution < -0.4 is 4.57 Å². The summed E-state index contributed by atoms with van der Waals surface area (Å²) in [4.78, 5) is 13.0. The first kappa shape index (κ1) is 25.3. The molecule has 34 heavy (non-hydrogen) atoms. The van der Waals surface area contributed by atoms with Crippen LogP contribution >= 0.6 is 7.81 Å². The molecule has 0 aliphatic carbocycles. The number of imidazole rings is 1. The van der Waals surface area contributed by atoms with Gasteiger partial charge in [-0.25, -0.2) is 9.55 Å². The molecule has 0 aliphatic heterocycles. The summed E-state index contributed by atoms with van der Waals surface area (Å²) in [5.74, 6) is 0.930. The zero-order chi connectivity index (χ0) is 24.9. The number of aliphatic hydroxyl groups excluding tert-OH is 1. The fourth-order valence-electron chi connectivity index (χ4n) is 3.02. The van der Waals surface area contributed by atoms with Crippen molar-refractivity contribution >= 4 is 19.5 Å². The van der Waals surface area contributed by atoms with Gasteiger partial charge in [0.15, 0.2) is 11.2 Å². The van der Waals surface area contributed by atoms with Gasteiger partial charge >= 0.3 is 38.8 Å². The maximum Gasteiger partial charge on any atom is 0.313 e. The van der Waals surface area contributed by atoms with E-state index in [2.05, 4.69) is 19.4 Å². The maximum absolute atomic E-state index is 10.7. The van der Waals surface area contributed by atoms with Crippen LogP contribution in [-0.4, -0.2) is 38.3 Å². The summed E-state index contributed by atoms with van der Waals surface area (Å²) in [5, 5.41) is 10.5. The molecule has 4 rings (SSSR count). The third kappa shape index (κ3) is 8.87. The fourth-order valence-corrected chi connectivity index (χ4v) is 3.02. The summed E-state index contributed by atoms with van der Waals surface area (Å²) < 4.78 is 63.3. The number of hydrogen-bond donors (Lipinski definition) is 1. The molecule has 0 aromatic carbocycles. The van der Waals surface area contributed by atoms with E-state index in [0.717, 1.165) is 22.7 Å². The Morgan fingerprint density at radius 1 is 0.941 bits per heavy atom. The Kier molecular flexibility index (Phi) is 6.77. The zero-order valence-electron chi connectivity index (χ0n) is 17.5. The summed E-state index contributed by atoms with van der Waals surface area (Å²) in [6.07, 6.45) is 8.59. The van der Waals surface area contributed by atoms with Gasteiger partial charge in [-0.05, 0) is 36.4 Å². The van der Waals surface area contributed by atoms with Gasteiger partial charge in [-0.2, -0.15) is 4.40 Å². The first-order valence-corrected chi connectivity index (χ1v) is 11.9. The summed E-state index contributed by atoms with van der Waals surface area (Å²) in [6, 6.07) is 17.5. The van der Waals surface area contributed by atoms with Crippen molar-refractivity contribution in [1.29, 1.82) is 0 Å². The van der Waals surface area contributed by atoms with Gasteiger partial charge in [0.2, 0.25) is 0 Å². The minimum atomic E-state index is -10.7. The van der Waals surface area contributed by atoms with Crippen LogP contribution in [0.2, 0.25) is 0 Å². The molecule has 6 nitrogen and oxygen atoms in total. The van der Waals surface area contributed by atoms with E-state index in [4.69, 9.17) is 0 Å². The van der Waals surface area contributed by atoms with Gasteiger partial charge in [-0.1, -0.05) is 18.2 Å². The topological polar surface area (TPSA) is 66.7 Å². The molecule has 0 aliphatic rings. The minimum Gasteiger partial charge on any atom is -0.387 e. The fraction of sp³-hybridized carbons (Fsp3) is 0.143. The van der Waals surface area contributed by atoms with Crippen molar-refractivity contribution in [2.75, 3.05) is 6.54 Å². The predicted octanol–water partition coefficient (Wildman–Crippen LogP) is 5.55. The Balaban J connectivity index is 0.000000406. The minimum absolute atomic E-state index is 0.303. The van der Waals surface area contributed by atoms with Crippen molar-refractivity contribution < 1.29 is 34.9 Å². The van der Waals surface area contributed by atoms with Gasteiger partial charge in [0.05, 0.1) is 18.4 Å². The van der Waals surface area contributed by atoms with Gasteiger partial charge in [-0.15, -0.1) is 0 Å². The van der Waals surface area contributed by atoms with E-state index in [0.29, 0.717) is 13.1 Å². The van der Waals surface area contributed by atoms with E-state index < -0.39 is 13.9 Å². The van der Waals surface area contributed by atoms with Crippen LogP contribution in [0.15, 0.2) is 84.4 Å². The van der Waals surface area contributed by atoms with Crippen LogP contribution in [0.3, 0.4) is 0 Å². The van der Waals surface area contributed by atoms with Crippen LogP contribution in [0.4, 0.5) is 25.2 Å². The molecule has 182 valence electrons. The molecule has 0 saturated carbocycles. The Morgan fingerprint density at radius 2 is 1.59 bits per heavy atom. The van der Waals surface area contributed by atoms with E-state index in [-0.39, 0.29) is 0 Å². The number of aliphatic hydroxyl groups is 1. The number of rotatable bonds is 6. The molecule has 4 heterocycles. The largest absolute Gasteiger partial charge is 0.387 e. The summed E-state index contributed by atoms with van der Waals surface area (Å²) in [7, 11) is -10.7. The standard InChI is InChI=1S/C21H20N5O.F6P/c27-19(14-22-13-17-7-1-4-10-23-17)16-25-15-18-8-3-6-12-26(18)21(25)20-9-2-5-11-24-20;1-7(2,3,4,5)6/h1-13,15,19,27H,14,16H2;/q+1;-1/t19-;/m1./s1. The quantitative estimate of drug-likeness (QED) is 0.163. The molecule has 0 bridgehead atoms. The smallest absolute Gasteiger partial charge is 0.313 e. The molecule has 1 N–H and O–H groups in total. The number of halogens is 6. The van der Waals surface area contributed by atoms with E-state index in [1.807, 2.05) is 71.6 Å². The van der Waals surface area contributed by atoms with Crippen LogP contribution in [0.25, 0.3) is 17.0 Å². The molecule has 4 aromatic rings. The molecule has 0 spiro atoms. The molecule has 4 aromatic heterocycles. The molecule has 13 heteroatoms. The average Bonchev–Trinajstić information content (AvgIpc) is 3.10. The number of aromatic nitrogens is 4. The molecule has 0 saturated heterocycles. The maximum atomic E-state index is 10.5. The van der Waals surface area contributed by atoms with E-state index in [1.165, 1.54) is 0 Å².